The van der Waals surface area contributed by atoms with Crippen molar-refractivity contribution in [2.75, 3.05) is 20.1 Å². The van der Waals surface area contributed by atoms with E-state index in [0.29, 0.717) is 5.92 Å². The Morgan fingerprint density at radius 3 is 3.21 bits per heavy atom. The van der Waals surface area contributed by atoms with Crippen LogP contribution in [0.3, 0.4) is 0 Å². The number of likely N-dealkylation sites (tertiary alicyclic amines) is 1. The van der Waals surface area contributed by atoms with Crippen LogP contribution in [-0.4, -0.2) is 39.8 Å². The number of fused-ring (bicyclic) bond motifs is 3. The Morgan fingerprint density at radius 1 is 1.36 bits per heavy atom. The summed E-state index contributed by atoms with van der Waals surface area (Å²) in [6, 6.07) is 0. The number of hydrogen-bond acceptors (Lipinski definition) is 3. The Morgan fingerprint density at radius 2 is 2.29 bits per heavy atom. The molecule has 1 saturated heterocycles. The van der Waals surface area contributed by atoms with E-state index < -0.39 is 0 Å². The smallest absolute Gasteiger partial charge is 0.136 e. The lowest BCUT2D eigenvalue weighted by Gasteiger charge is -2.39. The van der Waals surface area contributed by atoms with Crippen LogP contribution < -0.4 is 0 Å². The first-order valence-corrected chi connectivity index (χ1v) is 5.41. The van der Waals surface area contributed by atoms with Gasteiger partial charge in [0.2, 0.25) is 0 Å². The van der Waals surface area contributed by atoms with Crippen LogP contribution in [0.5, 0.6) is 0 Å². The predicted octanol–water partition coefficient (Wildman–Crippen LogP) is 0.717. The van der Waals surface area contributed by atoms with Gasteiger partial charge in [0.15, 0.2) is 0 Å². The molecule has 3 heterocycles. The summed E-state index contributed by atoms with van der Waals surface area (Å²) in [6.07, 6.45) is 4.42. The maximum atomic E-state index is 4.26. The standard InChI is InChI=1S/C10H16N4/c1-13-4-3-9-8(6-13)2-5-14-7-11-12-10(9)14/h7-9H,2-6H2,1H3. The highest BCUT2D eigenvalue weighted by Gasteiger charge is 2.34. The fourth-order valence-electron chi connectivity index (χ4n) is 2.87. The van der Waals surface area contributed by atoms with Crippen molar-refractivity contribution in [2.24, 2.45) is 5.92 Å². The van der Waals surface area contributed by atoms with Crippen LogP contribution in [0.4, 0.5) is 0 Å². The van der Waals surface area contributed by atoms with Crippen molar-refractivity contribution in [2.45, 2.75) is 25.3 Å². The van der Waals surface area contributed by atoms with Crippen LogP contribution in [0.2, 0.25) is 0 Å². The largest absolute Gasteiger partial charge is 0.317 e. The molecule has 1 fully saturated rings. The fourth-order valence-corrected chi connectivity index (χ4v) is 2.87. The Bertz CT molecular complexity index is 333. The molecule has 0 radical (unpaired) electrons. The minimum atomic E-state index is 0.669. The van der Waals surface area contributed by atoms with Gasteiger partial charge in [0.25, 0.3) is 0 Å². The molecule has 2 aliphatic heterocycles. The summed E-state index contributed by atoms with van der Waals surface area (Å²) in [7, 11) is 2.22. The summed E-state index contributed by atoms with van der Waals surface area (Å²) in [5.74, 6) is 2.71. The third-order valence-corrected chi connectivity index (χ3v) is 3.65. The highest BCUT2D eigenvalue weighted by Crippen LogP contribution is 2.36. The highest BCUT2D eigenvalue weighted by molar-refractivity contribution is 5.05. The summed E-state index contributed by atoms with van der Waals surface area (Å²) in [5.41, 5.74) is 0. The van der Waals surface area contributed by atoms with Crippen LogP contribution in [-0.2, 0) is 6.54 Å². The normalized spacial score (nSPS) is 32.4. The molecule has 76 valence electrons. The Hall–Kier alpha value is -0.900. The summed E-state index contributed by atoms with van der Waals surface area (Å²) in [4.78, 5) is 2.44. The second kappa shape index (κ2) is 3.05. The summed E-state index contributed by atoms with van der Waals surface area (Å²) in [5, 5.41) is 8.27. The lowest BCUT2D eigenvalue weighted by atomic mass is 9.81. The molecule has 2 atom stereocenters. The topological polar surface area (TPSA) is 34.0 Å². The van der Waals surface area contributed by atoms with Gasteiger partial charge in [-0.05, 0) is 32.4 Å². The molecule has 1 aromatic heterocycles. The van der Waals surface area contributed by atoms with Crippen molar-refractivity contribution in [3.8, 4) is 0 Å². The van der Waals surface area contributed by atoms with Crippen LogP contribution in [0, 0.1) is 5.92 Å². The molecule has 2 unspecified atom stereocenters. The molecular weight excluding hydrogens is 176 g/mol. The van der Waals surface area contributed by atoms with E-state index in [1.807, 2.05) is 6.33 Å². The SMILES string of the molecule is CN1CCC2c3nncn3CCC2C1. The molecule has 0 bridgehead atoms. The van der Waals surface area contributed by atoms with Gasteiger partial charge in [-0.1, -0.05) is 0 Å². The van der Waals surface area contributed by atoms with E-state index in [1.165, 1.54) is 31.8 Å². The zero-order valence-corrected chi connectivity index (χ0v) is 8.56. The molecule has 0 spiro atoms. The van der Waals surface area contributed by atoms with Crippen molar-refractivity contribution in [3.05, 3.63) is 12.2 Å². The first kappa shape index (κ1) is 8.41. The van der Waals surface area contributed by atoms with E-state index >= 15 is 0 Å². The van der Waals surface area contributed by atoms with Crippen molar-refractivity contribution >= 4 is 0 Å². The first-order chi connectivity index (χ1) is 6.84. The molecule has 0 N–H and O–H groups in total. The zero-order valence-electron chi connectivity index (χ0n) is 8.56. The molecular formula is C10H16N4. The lowest BCUT2D eigenvalue weighted by Crippen LogP contribution is -2.40. The number of nitrogens with zero attached hydrogens (tertiary/aromatic N) is 4. The van der Waals surface area contributed by atoms with E-state index in [0.717, 1.165) is 12.5 Å². The quantitative estimate of drug-likeness (QED) is 0.607. The summed E-state index contributed by atoms with van der Waals surface area (Å²) in [6.45, 7) is 3.54. The van der Waals surface area contributed by atoms with Crippen molar-refractivity contribution in [3.63, 3.8) is 0 Å². The summed E-state index contributed by atoms with van der Waals surface area (Å²) < 4.78 is 2.23. The van der Waals surface area contributed by atoms with Gasteiger partial charge < -0.3 is 9.47 Å². The molecule has 0 aliphatic carbocycles. The number of piperidine rings is 1. The van der Waals surface area contributed by atoms with Gasteiger partial charge in [0, 0.05) is 19.0 Å². The molecule has 0 aromatic carbocycles. The number of aromatic nitrogens is 3. The zero-order chi connectivity index (χ0) is 9.54. The van der Waals surface area contributed by atoms with Gasteiger partial charge in [-0.25, -0.2) is 0 Å². The number of hydrogen-bond donors (Lipinski definition) is 0. The minimum absolute atomic E-state index is 0.669. The molecule has 2 aliphatic rings. The maximum absolute atomic E-state index is 4.26. The van der Waals surface area contributed by atoms with Gasteiger partial charge in [-0.2, -0.15) is 0 Å². The van der Waals surface area contributed by atoms with Crippen molar-refractivity contribution < 1.29 is 0 Å². The molecule has 3 rings (SSSR count). The van der Waals surface area contributed by atoms with Gasteiger partial charge >= 0.3 is 0 Å². The minimum Gasteiger partial charge on any atom is -0.317 e. The van der Waals surface area contributed by atoms with Crippen LogP contribution in [0.1, 0.15) is 24.6 Å². The molecule has 4 heteroatoms. The average Bonchev–Trinajstić information content (AvgIpc) is 2.65. The van der Waals surface area contributed by atoms with E-state index in [1.54, 1.807) is 0 Å². The van der Waals surface area contributed by atoms with Crippen LogP contribution in [0.15, 0.2) is 6.33 Å². The summed E-state index contributed by atoms with van der Waals surface area (Å²) >= 11 is 0. The molecule has 0 amide bonds. The second-order valence-electron chi connectivity index (χ2n) is 4.59. The van der Waals surface area contributed by atoms with E-state index in [2.05, 4.69) is 26.7 Å². The molecule has 0 saturated carbocycles. The van der Waals surface area contributed by atoms with Gasteiger partial charge in [0.1, 0.15) is 12.2 Å². The van der Waals surface area contributed by atoms with Crippen LogP contribution in [0.25, 0.3) is 0 Å². The number of aryl methyl sites for hydroxylation is 1. The highest BCUT2D eigenvalue weighted by atomic mass is 15.3. The van der Waals surface area contributed by atoms with E-state index in [-0.39, 0.29) is 0 Å². The average molecular weight is 192 g/mol. The second-order valence-corrected chi connectivity index (χ2v) is 4.59. The fraction of sp³-hybridized carbons (Fsp3) is 0.800. The van der Waals surface area contributed by atoms with E-state index in [9.17, 15) is 0 Å². The molecule has 14 heavy (non-hydrogen) atoms. The Labute approximate surface area is 83.9 Å². The predicted molar refractivity (Wildman–Crippen MR) is 53.0 cm³/mol. The Kier molecular flexibility index (Phi) is 1.83. The van der Waals surface area contributed by atoms with Crippen LogP contribution >= 0.6 is 0 Å². The third-order valence-electron chi connectivity index (χ3n) is 3.65. The van der Waals surface area contributed by atoms with Gasteiger partial charge in [-0.15, -0.1) is 10.2 Å². The molecule has 1 aromatic rings. The van der Waals surface area contributed by atoms with E-state index in [4.69, 9.17) is 0 Å². The first-order valence-electron chi connectivity index (χ1n) is 5.41. The van der Waals surface area contributed by atoms with Crippen molar-refractivity contribution in [1.29, 1.82) is 0 Å². The Balaban J connectivity index is 1.91. The monoisotopic (exact) mass is 192 g/mol. The van der Waals surface area contributed by atoms with Crippen molar-refractivity contribution in [1.82, 2.24) is 19.7 Å². The maximum Gasteiger partial charge on any atom is 0.136 e. The lowest BCUT2D eigenvalue weighted by molar-refractivity contribution is 0.150. The van der Waals surface area contributed by atoms with Gasteiger partial charge in [0.05, 0.1) is 0 Å². The molecule has 4 nitrogen and oxygen atoms in total. The third kappa shape index (κ3) is 1.17. The van der Waals surface area contributed by atoms with Gasteiger partial charge in [-0.3, -0.25) is 0 Å². The number of rotatable bonds is 0.